The molecule has 0 unspecified atom stereocenters. The Morgan fingerprint density at radius 3 is 2.38 bits per heavy atom. The molecular formula is C18H14F3N5OS2. The molecule has 1 aromatic heterocycles. The van der Waals surface area contributed by atoms with E-state index >= 15 is 0 Å². The lowest BCUT2D eigenvalue weighted by Crippen LogP contribution is -2.28. The van der Waals surface area contributed by atoms with E-state index in [9.17, 15) is 18.0 Å². The van der Waals surface area contributed by atoms with Gasteiger partial charge in [0.05, 0.1) is 5.56 Å². The van der Waals surface area contributed by atoms with Crippen LogP contribution in [-0.4, -0.2) is 20.6 Å². The molecule has 3 N–H and O–H groups in total. The summed E-state index contributed by atoms with van der Waals surface area (Å²) in [5.41, 5.74) is 1.20. The van der Waals surface area contributed by atoms with E-state index in [-0.39, 0.29) is 23.3 Å². The average Bonchev–Trinajstić information content (AvgIpc) is 3.22. The molecule has 150 valence electrons. The molecule has 0 aliphatic heterocycles. The van der Waals surface area contributed by atoms with Crippen LogP contribution in [0.1, 0.15) is 21.6 Å². The van der Waals surface area contributed by atoms with E-state index in [4.69, 9.17) is 12.2 Å². The van der Waals surface area contributed by atoms with Crippen LogP contribution in [0.25, 0.3) is 0 Å². The van der Waals surface area contributed by atoms with Crippen molar-refractivity contribution in [3.8, 4) is 0 Å². The van der Waals surface area contributed by atoms with E-state index in [2.05, 4.69) is 25.5 Å². The van der Waals surface area contributed by atoms with Gasteiger partial charge in [-0.1, -0.05) is 16.6 Å². The Morgan fingerprint density at radius 1 is 1.07 bits per heavy atom. The monoisotopic (exact) mass is 437 g/mol. The summed E-state index contributed by atoms with van der Waals surface area (Å²) < 4.78 is 41.9. The van der Waals surface area contributed by atoms with Crippen LogP contribution in [0.2, 0.25) is 0 Å². The molecule has 3 rings (SSSR count). The molecular weight excluding hydrogens is 423 g/mol. The van der Waals surface area contributed by atoms with Gasteiger partial charge in [0, 0.05) is 23.3 Å². The summed E-state index contributed by atoms with van der Waals surface area (Å²) in [4.78, 5) is 11.9. The third-order valence-electron chi connectivity index (χ3n) is 3.70. The zero-order chi connectivity index (χ0) is 20.9. The average molecular weight is 437 g/mol. The molecule has 6 nitrogen and oxygen atoms in total. The maximum atomic E-state index is 12.8. The van der Waals surface area contributed by atoms with Crippen molar-refractivity contribution >= 4 is 46.1 Å². The van der Waals surface area contributed by atoms with Gasteiger partial charge < -0.3 is 16.0 Å². The Morgan fingerprint density at radius 2 is 1.76 bits per heavy atom. The molecule has 1 heterocycles. The predicted octanol–water partition coefficient (Wildman–Crippen LogP) is 4.30. The number of halogens is 3. The maximum absolute atomic E-state index is 12.8. The van der Waals surface area contributed by atoms with E-state index in [0.717, 1.165) is 23.7 Å². The van der Waals surface area contributed by atoms with Crippen molar-refractivity contribution in [2.24, 2.45) is 0 Å². The SMILES string of the molecule is O=C(Nc1ccc(NC(=S)NCc2cccc(C(F)(F)F)c2)cc1)c1csnn1. The van der Waals surface area contributed by atoms with Crippen LogP contribution in [0.15, 0.2) is 53.9 Å². The molecule has 0 aliphatic rings. The number of nitrogens with one attached hydrogen (secondary N) is 3. The number of amides is 1. The number of hydrogen-bond acceptors (Lipinski definition) is 5. The highest BCUT2D eigenvalue weighted by atomic mass is 32.1. The number of carbonyl (C=O) groups excluding carboxylic acids is 1. The first-order chi connectivity index (χ1) is 13.8. The highest BCUT2D eigenvalue weighted by molar-refractivity contribution is 7.80. The Kier molecular flexibility index (Phi) is 6.39. The molecule has 11 heteroatoms. The van der Waals surface area contributed by atoms with Crippen molar-refractivity contribution in [2.45, 2.75) is 12.7 Å². The Labute approximate surface area is 173 Å². The lowest BCUT2D eigenvalue weighted by atomic mass is 10.1. The van der Waals surface area contributed by atoms with E-state index in [1.165, 1.54) is 6.07 Å². The van der Waals surface area contributed by atoms with Crippen LogP contribution in [0, 0.1) is 0 Å². The molecule has 0 fully saturated rings. The van der Waals surface area contributed by atoms with Gasteiger partial charge in [0.1, 0.15) is 0 Å². The molecule has 0 aliphatic carbocycles. The summed E-state index contributed by atoms with van der Waals surface area (Å²) in [5, 5.41) is 14.0. The van der Waals surface area contributed by atoms with Crippen molar-refractivity contribution in [3.63, 3.8) is 0 Å². The fourth-order valence-electron chi connectivity index (χ4n) is 2.31. The van der Waals surface area contributed by atoms with E-state index in [0.29, 0.717) is 16.9 Å². The second-order valence-corrected chi connectivity index (χ2v) is 6.85. The summed E-state index contributed by atoms with van der Waals surface area (Å²) in [6.07, 6.45) is -4.39. The number of aromatic nitrogens is 2. The number of thiocarbonyl (C=S) groups is 1. The van der Waals surface area contributed by atoms with Gasteiger partial charge in [-0.25, -0.2) is 0 Å². The van der Waals surface area contributed by atoms with Gasteiger partial charge in [-0.3, -0.25) is 4.79 Å². The second kappa shape index (κ2) is 8.97. The highest BCUT2D eigenvalue weighted by Gasteiger charge is 2.30. The lowest BCUT2D eigenvalue weighted by molar-refractivity contribution is -0.137. The third-order valence-corrected chi connectivity index (χ3v) is 4.45. The Balaban J connectivity index is 1.51. The van der Waals surface area contributed by atoms with Gasteiger partial charge >= 0.3 is 6.18 Å². The van der Waals surface area contributed by atoms with Crippen LogP contribution in [0.4, 0.5) is 24.5 Å². The molecule has 0 bridgehead atoms. The number of hydrogen-bond donors (Lipinski definition) is 3. The van der Waals surface area contributed by atoms with E-state index < -0.39 is 11.7 Å². The highest BCUT2D eigenvalue weighted by Crippen LogP contribution is 2.29. The van der Waals surface area contributed by atoms with Crippen LogP contribution >= 0.6 is 23.8 Å². The molecule has 1 amide bonds. The summed E-state index contributed by atoms with van der Waals surface area (Å²) in [5.74, 6) is -0.363. The first-order valence-electron chi connectivity index (χ1n) is 8.21. The lowest BCUT2D eigenvalue weighted by Gasteiger charge is -2.12. The molecule has 2 aromatic carbocycles. The standard InChI is InChI=1S/C18H14F3N5OS2/c19-18(20,21)12-3-1-2-11(8-12)9-22-17(28)24-14-6-4-13(5-7-14)23-16(27)15-10-29-26-25-15/h1-8,10H,9H2,(H,23,27)(H2,22,24,28). The van der Waals surface area contributed by atoms with Gasteiger partial charge in [0.25, 0.3) is 5.91 Å². The molecule has 29 heavy (non-hydrogen) atoms. The number of nitrogens with zero attached hydrogens (tertiary/aromatic N) is 2. The van der Waals surface area contributed by atoms with Crippen molar-refractivity contribution < 1.29 is 18.0 Å². The first-order valence-corrected chi connectivity index (χ1v) is 9.45. The number of benzene rings is 2. The summed E-state index contributed by atoms with van der Waals surface area (Å²) in [7, 11) is 0. The number of carbonyl (C=O) groups is 1. The number of alkyl halides is 3. The summed E-state index contributed by atoms with van der Waals surface area (Å²) >= 11 is 6.25. The summed E-state index contributed by atoms with van der Waals surface area (Å²) in [6.45, 7) is 0.144. The molecule has 0 saturated carbocycles. The van der Waals surface area contributed by atoms with Crippen LogP contribution in [0.3, 0.4) is 0 Å². The first kappa shape index (κ1) is 20.7. The van der Waals surface area contributed by atoms with Crippen LogP contribution in [0.5, 0.6) is 0 Å². The van der Waals surface area contributed by atoms with E-state index in [1.54, 1.807) is 35.7 Å². The molecule has 0 radical (unpaired) electrons. The van der Waals surface area contributed by atoms with Crippen molar-refractivity contribution in [3.05, 3.63) is 70.7 Å². The minimum absolute atomic E-state index is 0.144. The fraction of sp³-hybridized carbons (Fsp3) is 0.111. The Hall–Kier alpha value is -3.05. The third kappa shape index (κ3) is 5.96. The van der Waals surface area contributed by atoms with Gasteiger partial charge in [-0.15, -0.1) is 5.10 Å². The normalized spacial score (nSPS) is 11.0. The molecule has 3 aromatic rings. The smallest absolute Gasteiger partial charge is 0.358 e. The van der Waals surface area contributed by atoms with Gasteiger partial charge in [0.2, 0.25) is 0 Å². The largest absolute Gasteiger partial charge is 0.416 e. The van der Waals surface area contributed by atoms with E-state index in [1.807, 2.05) is 0 Å². The number of anilines is 2. The van der Waals surface area contributed by atoms with Crippen LogP contribution in [-0.2, 0) is 12.7 Å². The van der Waals surface area contributed by atoms with Crippen molar-refractivity contribution in [1.29, 1.82) is 0 Å². The zero-order valence-electron chi connectivity index (χ0n) is 14.7. The van der Waals surface area contributed by atoms with Crippen molar-refractivity contribution in [1.82, 2.24) is 14.9 Å². The molecule has 0 atom stereocenters. The molecule has 0 saturated heterocycles. The molecule has 0 spiro atoms. The topological polar surface area (TPSA) is 78.9 Å². The van der Waals surface area contributed by atoms with Gasteiger partial charge in [-0.05, 0) is 65.7 Å². The van der Waals surface area contributed by atoms with Gasteiger partial charge in [-0.2, -0.15) is 13.2 Å². The second-order valence-electron chi connectivity index (χ2n) is 5.83. The summed E-state index contributed by atoms with van der Waals surface area (Å²) in [6, 6.07) is 11.8. The fourth-order valence-corrected chi connectivity index (χ4v) is 2.94. The quantitative estimate of drug-likeness (QED) is 0.517. The zero-order valence-corrected chi connectivity index (χ0v) is 16.3. The Bertz CT molecular complexity index is 991. The number of rotatable bonds is 5. The maximum Gasteiger partial charge on any atom is 0.416 e. The minimum Gasteiger partial charge on any atom is -0.358 e. The minimum atomic E-state index is -4.39. The van der Waals surface area contributed by atoms with Crippen LogP contribution < -0.4 is 16.0 Å². The van der Waals surface area contributed by atoms with Crippen molar-refractivity contribution in [2.75, 3.05) is 10.6 Å². The van der Waals surface area contributed by atoms with Gasteiger partial charge in [0.15, 0.2) is 10.8 Å². The predicted molar refractivity (Wildman–Crippen MR) is 109 cm³/mol.